The minimum Gasteiger partial charge on any atom is -0.361 e. The molecule has 1 aliphatic heterocycles. The van der Waals surface area contributed by atoms with Crippen LogP contribution in [0.25, 0.3) is 10.9 Å². The maximum absolute atomic E-state index is 12.5. The zero-order chi connectivity index (χ0) is 19.4. The van der Waals surface area contributed by atoms with Crippen LogP contribution in [-0.4, -0.2) is 42.6 Å². The Morgan fingerprint density at radius 2 is 1.82 bits per heavy atom. The fourth-order valence-corrected chi connectivity index (χ4v) is 4.19. The monoisotopic (exact) mass is 376 g/mol. The highest BCUT2D eigenvalue weighted by Crippen LogP contribution is 2.34. The first-order chi connectivity index (χ1) is 13.7. The van der Waals surface area contributed by atoms with Gasteiger partial charge in [0.2, 0.25) is 0 Å². The molecule has 1 aliphatic rings. The summed E-state index contributed by atoms with van der Waals surface area (Å²) in [5.74, 6) is 0. The van der Waals surface area contributed by atoms with Gasteiger partial charge in [-0.3, -0.25) is 0 Å². The highest BCUT2D eigenvalue weighted by Gasteiger charge is 2.35. The van der Waals surface area contributed by atoms with Crippen LogP contribution in [0.2, 0.25) is 0 Å². The summed E-state index contributed by atoms with van der Waals surface area (Å²) in [5, 5.41) is 7.32. The number of nitrogens with zero attached hydrogens (tertiary/aromatic N) is 1. The molecule has 0 atom stereocenters. The number of hydrogen-bond donors (Lipinski definition) is 3. The lowest BCUT2D eigenvalue weighted by molar-refractivity contribution is 0.181. The molecule has 0 unspecified atom stereocenters. The number of benzene rings is 2. The largest absolute Gasteiger partial charge is 0.361 e. The van der Waals surface area contributed by atoms with E-state index < -0.39 is 0 Å². The molecule has 28 heavy (non-hydrogen) atoms. The fraction of sp³-hybridized carbons (Fsp3) is 0.348. The summed E-state index contributed by atoms with van der Waals surface area (Å²) in [5.41, 5.74) is 3.50. The van der Waals surface area contributed by atoms with Crippen LogP contribution in [0.5, 0.6) is 0 Å². The lowest BCUT2D eigenvalue weighted by Gasteiger charge is -2.41. The number of carbonyl (C=O) groups excluding carboxylic acids is 1. The summed E-state index contributed by atoms with van der Waals surface area (Å²) in [6.07, 6.45) is 4.03. The number of aromatic amines is 1. The number of aromatic nitrogens is 1. The van der Waals surface area contributed by atoms with E-state index in [1.54, 1.807) is 0 Å². The molecule has 0 radical (unpaired) electrons. The maximum atomic E-state index is 12.5. The number of H-pyrrole nitrogens is 1. The molecule has 1 saturated heterocycles. The molecule has 1 aromatic heterocycles. The molecular formula is C23H28N4O. The first-order valence-corrected chi connectivity index (χ1v) is 9.97. The lowest BCUT2D eigenvalue weighted by Crippen LogP contribution is -2.49. The molecule has 146 valence electrons. The Labute approximate surface area is 166 Å². The van der Waals surface area contributed by atoms with Crippen molar-refractivity contribution in [3.05, 3.63) is 71.9 Å². The zero-order valence-corrected chi connectivity index (χ0v) is 16.4. The Hall–Kier alpha value is -2.79. The number of rotatable bonds is 5. The van der Waals surface area contributed by atoms with E-state index in [1.807, 2.05) is 30.5 Å². The van der Waals surface area contributed by atoms with Crippen molar-refractivity contribution < 1.29 is 4.79 Å². The molecule has 5 nitrogen and oxygen atoms in total. The molecule has 3 N–H and O–H groups in total. The number of urea groups is 1. The minimum atomic E-state index is -0.113. The predicted octanol–water partition coefficient (Wildman–Crippen LogP) is 3.63. The van der Waals surface area contributed by atoms with Crippen LogP contribution in [0.3, 0.4) is 0 Å². The first-order valence-electron chi connectivity index (χ1n) is 9.97. The van der Waals surface area contributed by atoms with Crippen molar-refractivity contribution >= 4 is 16.9 Å². The van der Waals surface area contributed by atoms with E-state index in [4.69, 9.17) is 0 Å². The fourth-order valence-electron chi connectivity index (χ4n) is 4.19. The molecule has 2 aromatic carbocycles. The Kier molecular flexibility index (Phi) is 5.35. The summed E-state index contributed by atoms with van der Waals surface area (Å²) in [4.78, 5) is 18.1. The highest BCUT2D eigenvalue weighted by atomic mass is 16.2. The summed E-state index contributed by atoms with van der Waals surface area (Å²) in [6.45, 7) is 3.26. The molecule has 0 spiro atoms. The summed E-state index contributed by atoms with van der Waals surface area (Å²) in [7, 11) is 2.16. The highest BCUT2D eigenvalue weighted by molar-refractivity contribution is 5.83. The number of para-hydroxylation sites is 1. The summed E-state index contributed by atoms with van der Waals surface area (Å²) >= 11 is 0. The van der Waals surface area contributed by atoms with Crippen molar-refractivity contribution in [3.8, 4) is 0 Å². The number of hydrogen-bond acceptors (Lipinski definition) is 2. The van der Waals surface area contributed by atoms with Crippen molar-refractivity contribution in [2.45, 2.75) is 24.8 Å². The van der Waals surface area contributed by atoms with Gasteiger partial charge in [-0.1, -0.05) is 48.5 Å². The van der Waals surface area contributed by atoms with E-state index in [0.717, 1.165) is 42.4 Å². The van der Waals surface area contributed by atoms with Gasteiger partial charge in [0.25, 0.3) is 0 Å². The molecule has 0 bridgehead atoms. The van der Waals surface area contributed by atoms with Crippen molar-refractivity contribution in [3.63, 3.8) is 0 Å². The van der Waals surface area contributed by atoms with Gasteiger partial charge >= 0.3 is 6.03 Å². The number of carbonyl (C=O) groups is 1. The van der Waals surface area contributed by atoms with Gasteiger partial charge in [-0.25, -0.2) is 4.79 Å². The van der Waals surface area contributed by atoms with Gasteiger partial charge in [-0.05, 0) is 55.6 Å². The lowest BCUT2D eigenvalue weighted by atomic mass is 9.72. The van der Waals surface area contributed by atoms with E-state index >= 15 is 0 Å². The number of fused-ring (bicyclic) bond motifs is 1. The SMILES string of the molecule is CN1CCC(CNC(=O)NCc2cccc3cc[nH]c23)(c2ccccc2)CC1. The van der Waals surface area contributed by atoms with Crippen LogP contribution in [0.4, 0.5) is 4.79 Å². The molecule has 0 aliphatic carbocycles. The standard InChI is InChI=1S/C23H28N4O/c1-27-14-11-23(12-15-27,20-8-3-2-4-9-20)17-26-22(28)25-16-19-7-5-6-18-10-13-24-21(18)19/h2-10,13,24H,11-12,14-17H2,1H3,(H2,25,26,28). The third kappa shape index (κ3) is 3.90. The third-order valence-corrected chi connectivity index (χ3v) is 6.03. The zero-order valence-electron chi connectivity index (χ0n) is 16.4. The Balaban J connectivity index is 1.40. The summed E-state index contributed by atoms with van der Waals surface area (Å²) in [6, 6.07) is 18.7. The van der Waals surface area contributed by atoms with Gasteiger partial charge in [0, 0.05) is 24.7 Å². The van der Waals surface area contributed by atoms with Crippen LogP contribution >= 0.6 is 0 Å². The van der Waals surface area contributed by atoms with Crippen LogP contribution < -0.4 is 10.6 Å². The smallest absolute Gasteiger partial charge is 0.315 e. The van der Waals surface area contributed by atoms with Gasteiger partial charge in [0.15, 0.2) is 0 Å². The second kappa shape index (κ2) is 8.07. The van der Waals surface area contributed by atoms with Crippen molar-refractivity contribution in [1.82, 2.24) is 20.5 Å². The molecule has 2 amide bonds. The van der Waals surface area contributed by atoms with E-state index in [9.17, 15) is 4.79 Å². The number of nitrogens with one attached hydrogen (secondary N) is 3. The van der Waals surface area contributed by atoms with Gasteiger partial charge in [-0.2, -0.15) is 0 Å². The van der Waals surface area contributed by atoms with Gasteiger partial charge < -0.3 is 20.5 Å². The van der Waals surface area contributed by atoms with Crippen LogP contribution in [0.15, 0.2) is 60.8 Å². The van der Waals surface area contributed by atoms with Crippen LogP contribution in [0.1, 0.15) is 24.0 Å². The third-order valence-electron chi connectivity index (χ3n) is 6.03. The van der Waals surface area contributed by atoms with Gasteiger partial charge in [0.05, 0.1) is 5.52 Å². The topological polar surface area (TPSA) is 60.2 Å². The van der Waals surface area contributed by atoms with Gasteiger partial charge in [-0.15, -0.1) is 0 Å². The number of piperidine rings is 1. The van der Waals surface area contributed by atoms with E-state index in [2.05, 4.69) is 57.9 Å². The molecular weight excluding hydrogens is 348 g/mol. The molecule has 1 fully saturated rings. The number of likely N-dealkylation sites (tertiary alicyclic amines) is 1. The average Bonchev–Trinajstić information content (AvgIpc) is 3.22. The molecule has 0 saturated carbocycles. The van der Waals surface area contributed by atoms with Crippen molar-refractivity contribution in [1.29, 1.82) is 0 Å². The number of amides is 2. The van der Waals surface area contributed by atoms with E-state index in [-0.39, 0.29) is 11.4 Å². The Morgan fingerprint density at radius 3 is 2.61 bits per heavy atom. The molecule has 4 rings (SSSR count). The summed E-state index contributed by atoms with van der Waals surface area (Å²) < 4.78 is 0. The average molecular weight is 377 g/mol. The van der Waals surface area contributed by atoms with Crippen molar-refractivity contribution in [2.75, 3.05) is 26.7 Å². The second-order valence-electron chi connectivity index (χ2n) is 7.84. The van der Waals surface area contributed by atoms with E-state index in [0.29, 0.717) is 13.1 Å². The minimum absolute atomic E-state index is 0.00454. The normalized spacial score (nSPS) is 16.8. The quantitative estimate of drug-likeness (QED) is 0.637. The van der Waals surface area contributed by atoms with Gasteiger partial charge in [0.1, 0.15) is 0 Å². The molecule has 5 heteroatoms. The first kappa shape index (κ1) is 18.6. The van der Waals surface area contributed by atoms with Crippen LogP contribution in [0, 0.1) is 0 Å². The molecule has 2 heterocycles. The maximum Gasteiger partial charge on any atom is 0.315 e. The predicted molar refractivity (Wildman–Crippen MR) is 113 cm³/mol. The molecule has 3 aromatic rings. The second-order valence-corrected chi connectivity index (χ2v) is 7.84. The van der Waals surface area contributed by atoms with Crippen molar-refractivity contribution in [2.24, 2.45) is 0 Å². The van der Waals surface area contributed by atoms with Crippen LogP contribution in [-0.2, 0) is 12.0 Å². The Morgan fingerprint density at radius 1 is 1.04 bits per heavy atom. The van der Waals surface area contributed by atoms with E-state index in [1.165, 1.54) is 5.56 Å². The Bertz CT molecular complexity index is 926.